The van der Waals surface area contributed by atoms with Gasteiger partial charge in [-0.3, -0.25) is 4.79 Å². The number of carbonyl (C=O) groups excluding carboxylic acids is 1. The van der Waals surface area contributed by atoms with Crippen LogP contribution in [0.2, 0.25) is 0 Å². The Morgan fingerprint density at radius 2 is 1.65 bits per heavy atom. The number of thioether (sulfide) groups is 1. The average molecular weight is 468 g/mol. The second kappa shape index (κ2) is 9.57. The van der Waals surface area contributed by atoms with Crippen molar-refractivity contribution in [2.75, 3.05) is 10.6 Å². The molecule has 170 valence electrons. The molecule has 2 N–H and O–H groups in total. The first kappa shape index (κ1) is 22.0. The normalized spacial score (nSPS) is 14.9. The molecule has 0 saturated carbocycles. The highest BCUT2D eigenvalue weighted by Gasteiger charge is 2.34. The first-order valence-electron chi connectivity index (χ1n) is 11.1. The number of para-hydroxylation sites is 1. The van der Waals surface area contributed by atoms with Crippen molar-refractivity contribution in [3.63, 3.8) is 0 Å². The molecular formula is C27H25N5OS. The molecule has 7 heteroatoms. The summed E-state index contributed by atoms with van der Waals surface area (Å²) in [6.45, 7) is 3.96. The Bertz CT molecular complexity index is 1330. The third-order valence-corrected chi connectivity index (χ3v) is 6.62. The number of fused-ring (bicyclic) bond motifs is 1. The first-order valence-corrected chi connectivity index (χ1v) is 12.1. The van der Waals surface area contributed by atoms with Gasteiger partial charge in [-0.1, -0.05) is 90.1 Å². The molecule has 1 aliphatic heterocycles. The summed E-state index contributed by atoms with van der Waals surface area (Å²) in [5.74, 6) is 1.24. The SMILES string of the molecule is CC1=C(C(=O)Nc2ccccc2)[C@@H](c2ccc(C)cc2)n2nc(SCc3ccccc3)nc2N1. The summed E-state index contributed by atoms with van der Waals surface area (Å²) in [5.41, 5.74) is 5.48. The van der Waals surface area contributed by atoms with Gasteiger partial charge in [-0.25, -0.2) is 4.68 Å². The number of aryl methyl sites for hydroxylation is 1. The minimum absolute atomic E-state index is 0.165. The van der Waals surface area contributed by atoms with Crippen LogP contribution in [0.1, 0.15) is 29.7 Å². The third-order valence-electron chi connectivity index (χ3n) is 5.71. The van der Waals surface area contributed by atoms with Gasteiger partial charge in [-0.15, -0.1) is 5.10 Å². The second-order valence-corrected chi connectivity index (χ2v) is 9.18. The molecule has 1 atom stereocenters. The number of rotatable bonds is 6. The van der Waals surface area contributed by atoms with E-state index < -0.39 is 0 Å². The number of hydrogen-bond acceptors (Lipinski definition) is 5. The Kier molecular flexibility index (Phi) is 6.18. The molecule has 3 aromatic carbocycles. The molecule has 5 rings (SSSR count). The van der Waals surface area contributed by atoms with E-state index in [0.29, 0.717) is 16.7 Å². The van der Waals surface area contributed by atoms with Gasteiger partial charge >= 0.3 is 0 Å². The molecule has 1 aromatic heterocycles. The lowest BCUT2D eigenvalue weighted by Gasteiger charge is -2.28. The van der Waals surface area contributed by atoms with Crippen LogP contribution in [0.4, 0.5) is 11.6 Å². The van der Waals surface area contributed by atoms with E-state index in [0.717, 1.165) is 28.3 Å². The molecule has 0 spiro atoms. The number of anilines is 2. The fourth-order valence-corrected chi connectivity index (χ4v) is 4.77. The Morgan fingerprint density at radius 3 is 2.35 bits per heavy atom. The van der Waals surface area contributed by atoms with Crippen LogP contribution >= 0.6 is 11.8 Å². The highest BCUT2D eigenvalue weighted by molar-refractivity contribution is 7.98. The summed E-state index contributed by atoms with van der Waals surface area (Å²) >= 11 is 1.58. The minimum atomic E-state index is -0.390. The van der Waals surface area contributed by atoms with Gasteiger partial charge in [-0.05, 0) is 37.1 Å². The highest BCUT2D eigenvalue weighted by atomic mass is 32.2. The van der Waals surface area contributed by atoms with E-state index in [-0.39, 0.29) is 11.9 Å². The molecule has 1 amide bonds. The van der Waals surface area contributed by atoms with Crippen molar-refractivity contribution >= 4 is 29.3 Å². The Balaban J connectivity index is 1.49. The van der Waals surface area contributed by atoms with Crippen molar-refractivity contribution < 1.29 is 4.79 Å². The van der Waals surface area contributed by atoms with Crippen molar-refractivity contribution in [2.24, 2.45) is 0 Å². The maximum atomic E-state index is 13.5. The standard InChI is InChI=1S/C27H25N5OS/c1-18-13-15-21(16-14-18)24-23(25(33)29-22-11-7-4-8-12-22)19(2)28-26-30-27(31-32(24)26)34-17-20-9-5-3-6-10-20/h3-16,24H,17H2,1-2H3,(H,29,33)(H,28,30,31)/t24-/m1/s1. The third kappa shape index (κ3) is 4.61. The highest BCUT2D eigenvalue weighted by Crippen LogP contribution is 2.37. The van der Waals surface area contributed by atoms with Crippen LogP contribution in [0, 0.1) is 6.92 Å². The molecule has 0 saturated heterocycles. The van der Waals surface area contributed by atoms with E-state index in [1.54, 1.807) is 11.8 Å². The molecule has 0 fully saturated rings. The molecule has 34 heavy (non-hydrogen) atoms. The molecule has 0 radical (unpaired) electrons. The topological polar surface area (TPSA) is 71.8 Å². The van der Waals surface area contributed by atoms with Crippen molar-refractivity contribution in [3.05, 3.63) is 113 Å². The van der Waals surface area contributed by atoms with Gasteiger partial charge in [0.2, 0.25) is 11.1 Å². The van der Waals surface area contributed by atoms with Crippen molar-refractivity contribution in [1.82, 2.24) is 14.8 Å². The number of nitrogens with zero attached hydrogens (tertiary/aromatic N) is 3. The summed E-state index contributed by atoms with van der Waals surface area (Å²) in [7, 11) is 0. The molecule has 4 aromatic rings. The van der Waals surface area contributed by atoms with Gasteiger partial charge in [0.05, 0.1) is 5.57 Å². The lowest BCUT2D eigenvalue weighted by atomic mass is 9.94. The number of aromatic nitrogens is 3. The summed E-state index contributed by atoms with van der Waals surface area (Å²) in [6.07, 6.45) is 0. The van der Waals surface area contributed by atoms with Gasteiger partial charge in [0.1, 0.15) is 6.04 Å². The van der Waals surface area contributed by atoms with Crippen LogP contribution in [0.25, 0.3) is 0 Å². The molecule has 2 heterocycles. The predicted molar refractivity (Wildman–Crippen MR) is 137 cm³/mol. The van der Waals surface area contributed by atoms with E-state index in [1.807, 2.05) is 60.1 Å². The summed E-state index contributed by atoms with van der Waals surface area (Å²) in [6, 6.07) is 27.6. The number of allylic oxidation sites excluding steroid dienone is 1. The first-order chi connectivity index (χ1) is 16.6. The number of amides is 1. The summed E-state index contributed by atoms with van der Waals surface area (Å²) < 4.78 is 1.82. The van der Waals surface area contributed by atoms with Crippen molar-refractivity contribution in [3.8, 4) is 0 Å². The number of benzene rings is 3. The monoisotopic (exact) mass is 467 g/mol. The predicted octanol–water partition coefficient (Wildman–Crippen LogP) is 5.81. The Hall–Kier alpha value is -3.84. The maximum absolute atomic E-state index is 13.5. The maximum Gasteiger partial charge on any atom is 0.255 e. The lowest BCUT2D eigenvalue weighted by molar-refractivity contribution is -0.113. The summed E-state index contributed by atoms with van der Waals surface area (Å²) in [4.78, 5) is 18.2. The number of hydrogen-bond donors (Lipinski definition) is 2. The van der Waals surface area contributed by atoms with Crippen LogP contribution < -0.4 is 10.6 Å². The van der Waals surface area contributed by atoms with E-state index in [2.05, 4.69) is 54.0 Å². The molecule has 6 nitrogen and oxygen atoms in total. The quantitative estimate of drug-likeness (QED) is 0.350. The van der Waals surface area contributed by atoms with E-state index in [1.165, 1.54) is 5.56 Å². The van der Waals surface area contributed by atoms with E-state index in [4.69, 9.17) is 10.1 Å². The molecule has 1 aliphatic rings. The van der Waals surface area contributed by atoms with E-state index in [9.17, 15) is 4.79 Å². The fraction of sp³-hybridized carbons (Fsp3) is 0.148. The zero-order valence-electron chi connectivity index (χ0n) is 19.0. The van der Waals surface area contributed by atoms with Gasteiger partial charge in [0, 0.05) is 17.1 Å². The van der Waals surface area contributed by atoms with Crippen LogP contribution in [0.3, 0.4) is 0 Å². The molecule has 0 aliphatic carbocycles. The summed E-state index contributed by atoms with van der Waals surface area (Å²) in [5, 5.41) is 11.8. The Labute approximate surface area is 203 Å². The number of nitrogens with one attached hydrogen (secondary N) is 2. The smallest absolute Gasteiger partial charge is 0.255 e. The van der Waals surface area contributed by atoms with Crippen LogP contribution in [-0.4, -0.2) is 20.7 Å². The van der Waals surface area contributed by atoms with Gasteiger partial charge in [0.15, 0.2) is 0 Å². The Morgan fingerprint density at radius 1 is 0.971 bits per heavy atom. The molecule has 0 unspecified atom stereocenters. The van der Waals surface area contributed by atoms with Gasteiger partial charge < -0.3 is 10.6 Å². The zero-order valence-corrected chi connectivity index (χ0v) is 19.8. The number of carbonyl (C=O) groups is 1. The largest absolute Gasteiger partial charge is 0.328 e. The van der Waals surface area contributed by atoms with Gasteiger partial charge in [-0.2, -0.15) is 4.98 Å². The van der Waals surface area contributed by atoms with Crippen molar-refractivity contribution in [1.29, 1.82) is 0 Å². The van der Waals surface area contributed by atoms with E-state index >= 15 is 0 Å². The molecule has 0 bridgehead atoms. The lowest BCUT2D eigenvalue weighted by Crippen LogP contribution is -2.31. The van der Waals surface area contributed by atoms with Crippen molar-refractivity contribution in [2.45, 2.75) is 30.8 Å². The minimum Gasteiger partial charge on any atom is -0.328 e. The van der Waals surface area contributed by atoms with Crippen LogP contribution in [0.15, 0.2) is 101 Å². The van der Waals surface area contributed by atoms with Crippen LogP contribution in [-0.2, 0) is 10.5 Å². The second-order valence-electron chi connectivity index (χ2n) is 8.23. The van der Waals surface area contributed by atoms with Gasteiger partial charge in [0.25, 0.3) is 5.91 Å². The van der Waals surface area contributed by atoms with Crippen LogP contribution in [0.5, 0.6) is 0 Å². The zero-order chi connectivity index (χ0) is 23.5. The average Bonchev–Trinajstić information content (AvgIpc) is 3.26. The molecular weight excluding hydrogens is 442 g/mol. The fourth-order valence-electron chi connectivity index (χ4n) is 3.99.